The number of hydrogen-bond donors (Lipinski definition) is 3. The maximum Gasteiger partial charge on any atom is 0.331 e. The number of carboxylic acids is 1. The van der Waals surface area contributed by atoms with Gasteiger partial charge in [0.25, 0.3) is 0 Å². The number of ether oxygens (including phenoxy) is 1. The smallest absolute Gasteiger partial charge is 0.331 e. The summed E-state index contributed by atoms with van der Waals surface area (Å²) in [5.74, 6) is -0.909. The predicted molar refractivity (Wildman–Crippen MR) is 174 cm³/mol. The average Bonchev–Trinajstić information content (AvgIpc) is 3.20. The minimum absolute atomic E-state index is 0.0474. The number of carbonyl (C=O) groups is 2. The van der Waals surface area contributed by atoms with Gasteiger partial charge < -0.3 is 20.1 Å². The third-order valence-corrected chi connectivity index (χ3v) is 12.6. The van der Waals surface area contributed by atoms with E-state index in [1.165, 1.54) is 6.92 Å². The molecule has 4 saturated carbocycles. The second kappa shape index (κ2) is 13.3. The third kappa shape index (κ3) is 6.28. The second-order valence-corrected chi connectivity index (χ2v) is 15.4. The number of halogens is 1. The standard InChI is InChI=1S/C31H48O6.C6H5Cl/c1-17(2)9-8-10-20(28(35)36)26-22-15-24(34)27-29(5)13-12-23(33)18(3)21(29)11-14-30(27,6)31(22,7)16-25(26)37-19(4)32;7-6-4-2-1-3-5-6/h9,18,21-25,27,33-34H,8,10-16H2,1-7H3,(H,35,36);1-5H/b26-20-;/t18-,21-,22-,23+,24+,25-,27-,29-,30-,31-;/m0./s1. The Labute approximate surface area is 268 Å². The number of rotatable bonds is 5. The van der Waals surface area contributed by atoms with Crippen LogP contribution in [0.15, 0.2) is 53.1 Å². The van der Waals surface area contributed by atoms with E-state index in [-0.39, 0.29) is 40.1 Å². The van der Waals surface area contributed by atoms with Gasteiger partial charge >= 0.3 is 11.9 Å². The van der Waals surface area contributed by atoms with Crippen molar-refractivity contribution in [2.75, 3.05) is 0 Å². The summed E-state index contributed by atoms with van der Waals surface area (Å²) in [5.41, 5.74) is 1.57. The zero-order chi connectivity index (χ0) is 32.6. The number of aliphatic hydroxyl groups is 2. The minimum Gasteiger partial charge on any atom is -0.478 e. The summed E-state index contributed by atoms with van der Waals surface area (Å²) in [7, 11) is 0. The molecule has 6 nitrogen and oxygen atoms in total. The largest absolute Gasteiger partial charge is 0.478 e. The highest BCUT2D eigenvalue weighted by Crippen LogP contribution is 2.74. The van der Waals surface area contributed by atoms with Gasteiger partial charge in [-0.1, -0.05) is 69.1 Å². The number of carbonyl (C=O) groups excluding carboxylic acids is 1. The van der Waals surface area contributed by atoms with Crippen LogP contribution in [-0.4, -0.2) is 45.6 Å². The van der Waals surface area contributed by atoms with Crippen LogP contribution in [0.3, 0.4) is 0 Å². The first kappa shape index (κ1) is 34.7. The Kier molecular flexibility index (Phi) is 10.5. The van der Waals surface area contributed by atoms with Crippen LogP contribution in [0.1, 0.15) is 99.8 Å². The second-order valence-electron chi connectivity index (χ2n) is 14.9. The number of carboxylic acid groups (broad SMARTS) is 1. The van der Waals surface area contributed by atoms with Crippen LogP contribution in [0, 0.1) is 39.9 Å². The lowest BCUT2D eigenvalue weighted by Crippen LogP contribution is -2.65. The molecular weight excluding hydrogens is 576 g/mol. The highest BCUT2D eigenvalue weighted by atomic mass is 35.5. The Bertz CT molecular complexity index is 1270. The van der Waals surface area contributed by atoms with Gasteiger partial charge in [-0.15, -0.1) is 0 Å². The first-order valence-electron chi connectivity index (χ1n) is 16.4. The summed E-state index contributed by atoms with van der Waals surface area (Å²) < 4.78 is 5.87. The highest BCUT2D eigenvalue weighted by molar-refractivity contribution is 6.30. The summed E-state index contributed by atoms with van der Waals surface area (Å²) in [6.45, 7) is 14.5. The van der Waals surface area contributed by atoms with Crippen LogP contribution in [0.2, 0.25) is 5.02 Å². The van der Waals surface area contributed by atoms with Crippen molar-refractivity contribution in [3.05, 3.63) is 58.1 Å². The van der Waals surface area contributed by atoms with Crippen LogP contribution in [0.4, 0.5) is 0 Å². The first-order valence-corrected chi connectivity index (χ1v) is 16.8. The summed E-state index contributed by atoms with van der Waals surface area (Å²) in [5, 5.41) is 33.7. The molecule has 4 aliphatic carbocycles. The number of aliphatic hydroxyl groups excluding tert-OH is 2. The topological polar surface area (TPSA) is 104 Å². The molecule has 3 N–H and O–H groups in total. The van der Waals surface area contributed by atoms with E-state index in [2.05, 4.69) is 27.7 Å². The van der Waals surface area contributed by atoms with E-state index in [9.17, 15) is 24.9 Å². The molecule has 0 radical (unpaired) electrons. The van der Waals surface area contributed by atoms with E-state index in [0.29, 0.717) is 37.2 Å². The summed E-state index contributed by atoms with van der Waals surface area (Å²) in [6.07, 6.45) is 6.22. The number of aliphatic carboxylic acids is 1. The predicted octanol–water partition coefficient (Wildman–Crippen LogP) is 8.01. The van der Waals surface area contributed by atoms with Gasteiger partial charge in [0.2, 0.25) is 0 Å². The lowest BCUT2D eigenvalue weighted by molar-refractivity contribution is -0.234. The van der Waals surface area contributed by atoms with E-state index >= 15 is 0 Å². The highest BCUT2D eigenvalue weighted by Gasteiger charge is 2.70. The molecular formula is C37H53ClO6. The third-order valence-electron chi connectivity index (χ3n) is 12.3. The molecule has 4 aliphatic rings. The van der Waals surface area contributed by atoms with Crippen molar-refractivity contribution in [2.45, 2.75) is 118 Å². The summed E-state index contributed by atoms with van der Waals surface area (Å²) in [4.78, 5) is 24.8. The molecule has 44 heavy (non-hydrogen) atoms. The quantitative estimate of drug-likeness (QED) is 0.173. The maximum atomic E-state index is 12.6. The van der Waals surface area contributed by atoms with Crippen molar-refractivity contribution < 1.29 is 29.6 Å². The number of fused-ring (bicyclic) bond motifs is 5. The van der Waals surface area contributed by atoms with Gasteiger partial charge in [-0.25, -0.2) is 4.79 Å². The normalized spacial score (nSPS) is 40.3. The molecule has 0 saturated heterocycles. The Balaban J connectivity index is 0.000000555. The SMILES string of the molecule is CC(=O)O[C@H]1C[C@@]2(C)[C@@H](C[C@@H](O)[C@H]3[C@@]4(C)CC[C@@H](O)[C@@H](C)[C@@H]4CC[C@@]32C)/C1=C(\CCC=C(C)C)C(=O)O.Clc1ccccc1. The van der Waals surface area contributed by atoms with E-state index in [1.807, 2.05) is 50.3 Å². The fraction of sp³-hybridized carbons (Fsp3) is 0.676. The van der Waals surface area contributed by atoms with Gasteiger partial charge in [-0.2, -0.15) is 0 Å². The number of benzene rings is 1. The molecule has 0 amide bonds. The number of hydrogen-bond acceptors (Lipinski definition) is 5. The van der Waals surface area contributed by atoms with E-state index < -0.39 is 24.1 Å². The summed E-state index contributed by atoms with van der Waals surface area (Å²) >= 11 is 5.54. The molecule has 5 rings (SSSR count). The van der Waals surface area contributed by atoms with Crippen molar-refractivity contribution >= 4 is 23.5 Å². The molecule has 0 aromatic heterocycles. The maximum absolute atomic E-state index is 12.6. The lowest BCUT2D eigenvalue weighted by Gasteiger charge is -2.69. The Hall–Kier alpha value is -2.15. The molecule has 4 fully saturated rings. The zero-order valence-corrected chi connectivity index (χ0v) is 28.4. The number of esters is 1. The monoisotopic (exact) mass is 628 g/mol. The molecule has 0 heterocycles. The van der Waals surface area contributed by atoms with Gasteiger partial charge in [0.05, 0.1) is 12.2 Å². The van der Waals surface area contributed by atoms with Gasteiger partial charge in [0, 0.05) is 17.5 Å². The Morgan fingerprint density at radius 3 is 2.20 bits per heavy atom. The Morgan fingerprint density at radius 2 is 1.66 bits per heavy atom. The van der Waals surface area contributed by atoms with E-state index in [4.69, 9.17) is 16.3 Å². The van der Waals surface area contributed by atoms with Gasteiger partial charge in [0.15, 0.2) is 0 Å². The van der Waals surface area contributed by atoms with E-state index in [0.717, 1.165) is 41.9 Å². The van der Waals surface area contributed by atoms with Gasteiger partial charge in [-0.05, 0) is 123 Å². The fourth-order valence-electron chi connectivity index (χ4n) is 10.2. The fourth-order valence-corrected chi connectivity index (χ4v) is 10.3. The first-order chi connectivity index (χ1) is 20.6. The molecule has 0 bridgehead atoms. The lowest BCUT2D eigenvalue weighted by atomic mass is 9.36. The molecule has 10 atom stereocenters. The van der Waals surface area contributed by atoms with Crippen LogP contribution < -0.4 is 0 Å². The summed E-state index contributed by atoms with van der Waals surface area (Å²) in [6, 6.07) is 9.44. The molecule has 1 aromatic rings. The molecule has 7 heteroatoms. The minimum atomic E-state index is -0.953. The molecule has 0 unspecified atom stereocenters. The van der Waals surface area contributed by atoms with Crippen molar-refractivity contribution in [1.29, 1.82) is 0 Å². The molecule has 244 valence electrons. The molecule has 0 spiro atoms. The average molecular weight is 629 g/mol. The zero-order valence-electron chi connectivity index (χ0n) is 27.6. The van der Waals surface area contributed by atoms with Crippen LogP contribution in [-0.2, 0) is 14.3 Å². The van der Waals surface area contributed by atoms with Crippen LogP contribution in [0.25, 0.3) is 0 Å². The van der Waals surface area contributed by atoms with Crippen molar-refractivity contribution in [3.8, 4) is 0 Å². The molecule has 1 aromatic carbocycles. The van der Waals surface area contributed by atoms with Crippen molar-refractivity contribution in [3.63, 3.8) is 0 Å². The van der Waals surface area contributed by atoms with Crippen molar-refractivity contribution in [1.82, 2.24) is 0 Å². The number of allylic oxidation sites excluding steroid dienone is 2. The van der Waals surface area contributed by atoms with Crippen LogP contribution >= 0.6 is 11.6 Å². The van der Waals surface area contributed by atoms with E-state index in [1.54, 1.807) is 0 Å². The van der Waals surface area contributed by atoms with Crippen molar-refractivity contribution in [2.24, 2.45) is 39.9 Å². The van der Waals surface area contributed by atoms with Crippen LogP contribution in [0.5, 0.6) is 0 Å². The van der Waals surface area contributed by atoms with Gasteiger partial charge in [-0.3, -0.25) is 4.79 Å². The van der Waals surface area contributed by atoms with Gasteiger partial charge in [0.1, 0.15) is 6.10 Å². The molecule has 0 aliphatic heterocycles. The Morgan fingerprint density at radius 1 is 1.00 bits per heavy atom.